The predicted octanol–water partition coefficient (Wildman–Crippen LogP) is 3.00. The van der Waals surface area contributed by atoms with E-state index in [1.807, 2.05) is 22.8 Å². The fourth-order valence-corrected chi connectivity index (χ4v) is 3.82. The maximum Gasteiger partial charge on any atom is 0.263 e. The molecule has 0 spiro atoms. The van der Waals surface area contributed by atoms with Crippen molar-refractivity contribution >= 4 is 30.6 Å². The van der Waals surface area contributed by atoms with Gasteiger partial charge in [-0.3, -0.25) is 0 Å². The summed E-state index contributed by atoms with van der Waals surface area (Å²) in [7, 11) is 1.81. The Morgan fingerprint density at radius 2 is 1.95 bits per heavy atom. The molecule has 108 valence electrons. The van der Waals surface area contributed by atoms with Crippen LogP contribution in [-0.2, 0) is 20.3 Å². The highest BCUT2D eigenvalue weighted by Crippen LogP contribution is 2.29. The number of benzene rings is 1. The van der Waals surface area contributed by atoms with Crippen molar-refractivity contribution in [3.05, 3.63) is 30.5 Å². The molecule has 1 fully saturated rings. The van der Waals surface area contributed by atoms with E-state index in [1.54, 1.807) is 12.3 Å². The monoisotopic (exact) mass is 313 g/mol. The molecule has 0 saturated carbocycles. The molecule has 4 nitrogen and oxygen atoms in total. The summed E-state index contributed by atoms with van der Waals surface area (Å²) in [5.74, 6) is 0.519. The molecule has 0 bridgehead atoms. The Kier molecular flexibility index (Phi) is 3.75. The van der Waals surface area contributed by atoms with Gasteiger partial charge in [0.2, 0.25) is 0 Å². The lowest BCUT2D eigenvalue weighted by Gasteiger charge is -2.22. The van der Waals surface area contributed by atoms with Crippen LogP contribution in [0.15, 0.2) is 35.4 Å². The number of aromatic nitrogens is 1. The summed E-state index contributed by atoms with van der Waals surface area (Å²) in [6.07, 6.45) is 3.67. The van der Waals surface area contributed by atoms with Crippen LogP contribution >= 0.6 is 10.7 Å². The van der Waals surface area contributed by atoms with Gasteiger partial charge < -0.3 is 9.30 Å². The quantitative estimate of drug-likeness (QED) is 0.818. The molecule has 6 heteroatoms. The van der Waals surface area contributed by atoms with Gasteiger partial charge in [-0.1, -0.05) is 18.2 Å². The Morgan fingerprint density at radius 3 is 2.65 bits per heavy atom. The molecule has 20 heavy (non-hydrogen) atoms. The summed E-state index contributed by atoms with van der Waals surface area (Å²) in [4.78, 5) is 0.196. The number of halogens is 1. The van der Waals surface area contributed by atoms with E-state index in [4.69, 9.17) is 15.4 Å². The second-order valence-electron chi connectivity index (χ2n) is 5.16. The number of hydrogen-bond acceptors (Lipinski definition) is 3. The second kappa shape index (κ2) is 5.39. The van der Waals surface area contributed by atoms with Crippen molar-refractivity contribution in [2.45, 2.75) is 24.3 Å². The van der Waals surface area contributed by atoms with Crippen LogP contribution in [0.25, 0.3) is 10.9 Å². The first kappa shape index (κ1) is 13.9. The number of rotatable bonds is 3. The van der Waals surface area contributed by atoms with Crippen LogP contribution in [0.1, 0.15) is 12.8 Å². The molecule has 0 unspecified atom stereocenters. The first-order chi connectivity index (χ1) is 9.55. The zero-order valence-electron chi connectivity index (χ0n) is 11.0. The van der Waals surface area contributed by atoms with E-state index < -0.39 is 9.05 Å². The van der Waals surface area contributed by atoms with Gasteiger partial charge in [0.05, 0.1) is 0 Å². The number of fused-ring (bicyclic) bond motifs is 1. The number of para-hydroxylation sites is 1. The SMILES string of the molecule is O=S(=O)(Cl)c1cn(CC2CCOCC2)c2ccccc12. The van der Waals surface area contributed by atoms with Crippen molar-refractivity contribution in [1.29, 1.82) is 0 Å². The molecule has 1 aliphatic rings. The fourth-order valence-electron chi connectivity index (χ4n) is 2.77. The van der Waals surface area contributed by atoms with Gasteiger partial charge in [-0.2, -0.15) is 0 Å². The minimum absolute atomic E-state index is 0.196. The van der Waals surface area contributed by atoms with E-state index in [1.165, 1.54) is 0 Å². The predicted molar refractivity (Wildman–Crippen MR) is 78.5 cm³/mol. The molecule has 3 rings (SSSR count). The van der Waals surface area contributed by atoms with E-state index in [0.29, 0.717) is 11.3 Å². The van der Waals surface area contributed by atoms with Crippen LogP contribution in [0, 0.1) is 5.92 Å². The minimum atomic E-state index is -3.72. The highest BCUT2D eigenvalue weighted by atomic mass is 35.7. The molecular formula is C14H16ClNO3S. The first-order valence-corrected chi connectivity index (χ1v) is 8.97. The van der Waals surface area contributed by atoms with Gasteiger partial charge >= 0.3 is 0 Å². The number of nitrogens with zero attached hydrogens (tertiary/aromatic N) is 1. The topological polar surface area (TPSA) is 48.3 Å². The third kappa shape index (κ3) is 2.71. The largest absolute Gasteiger partial charge is 0.381 e. The molecule has 1 saturated heterocycles. The normalized spacial score (nSPS) is 17.6. The zero-order chi connectivity index (χ0) is 14.2. The Hall–Kier alpha value is -1.04. The molecule has 0 N–H and O–H groups in total. The zero-order valence-corrected chi connectivity index (χ0v) is 12.5. The van der Waals surface area contributed by atoms with Gasteiger partial charge in [-0.05, 0) is 24.8 Å². The van der Waals surface area contributed by atoms with Crippen LogP contribution in [0.2, 0.25) is 0 Å². The number of hydrogen-bond donors (Lipinski definition) is 0. The van der Waals surface area contributed by atoms with Crippen LogP contribution in [0.4, 0.5) is 0 Å². The van der Waals surface area contributed by atoms with Crippen LogP contribution < -0.4 is 0 Å². The molecule has 2 aromatic rings. The Morgan fingerprint density at radius 1 is 1.25 bits per heavy atom. The van der Waals surface area contributed by atoms with Gasteiger partial charge in [0.25, 0.3) is 9.05 Å². The summed E-state index contributed by atoms with van der Waals surface area (Å²) in [5, 5.41) is 0.689. The summed E-state index contributed by atoms with van der Waals surface area (Å²) in [6.45, 7) is 2.37. The summed E-state index contributed by atoms with van der Waals surface area (Å²) < 4.78 is 30.7. The van der Waals surface area contributed by atoms with Crippen LogP contribution in [0.3, 0.4) is 0 Å². The van der Waals surface area contributed by atoms with Crippen molar-refractivity contribution in [3.8, 4) is 0 Å². The van der Waals surface area contributed by atoms with E-state index >= 15 is 0 Å². The first-order valence-electron chi connectivity index (χ1n) is 6.66. The lowest BCUT2D eigenvalue weighted by molar-refractivity contribution is 0.0616. The van der Waals surface area contributed by atoms with Crippen molar-refractivity contribution in [2.24, 2.45) is 5.92 Å². The van der Waals surface area contributed by atoms with Crippen molar-refractivity contribution in [1.82, 2.24) is 4.57 Å². The van der Waals surface area contributed by atoms with Gasteiger partial charge in [0.1, 0.15) is 4.90 Å². The van der Waals surface area contributed by atoms with E-state index in [-0.39, 0.29) is 4.90 Å². The summed E-state index contributed by atoms with van der Waals surface area (Å²) >= 11 is 0. The minimum Gasteiger partial charge on any atom is -0.381 e. The average Bonchev–Trinajstić information content (AvgIpc) is 2.79. The fraction of sp³-hybridized carbons (Fsp3) is 0.429. The Bertz CT molecular complexity index is 717. The second-order valence-corrected chi connectivity index (χ2v) is 7.69. The maximum absolute atomic E-state index is 11.7. The maximum atomic E-state index is 11.7. The summed E-state index contributed by atoms with van der Waals surface area (Å²) in [6, 6.07) is 7.46. The molecule has 0 radical (unpaired) electrons. The van der Waals surface area contributed by atoms with E-state index in [0.717, 1.165) is 38.1 Å². The van der Waals surface area contributed by atoms with Crippen LogP contribution in [-0.4, -0.2) is 26.2 Å². The van der Waals surface area contributed by atoms with Crippen LogP contribution in [0.5, 0.6) is 0 Å². The molecular weight excluding hydrogens is 298 g/mol. The van der Waals surface area contributed by atoms with Gasteiger partial charge in [-0.15, -0.1) is 0 Å². The lowest BCUT2D eigenvalue weighted by atomic mass is 10.0. The van der Waals surface area contributed by atoms with Crippen molar-refractivity contribution < 1.29 is 13.2 Å². The Labute approximate surface area is 122 Å². The van der Waals surface area contributed by atoms with Gasteiger partial charge in [0.15, 0.2) is 0 Å². The molecule has 2 heterocycles. The number of ether oxygens (including phenoxy) is 1. The van der Waals surface area contributed by atoms with E-state index in [9.17, 15) is 8.42 Å². The van der Waals surface area contributed by atoms with Crippen molar-refractivity contribution in [2.75, 3.05) is 13.2 Å². The van der Waals surface area contributed by atoms with E-state index in [2.05, 4.69) is 0 Å². The Balaban J connectivity index is 2.02. The molecule has 0 atom stereocenters. The van der Waals surface area contributed by atoms with Gasteiger partial charge in [-0.25, -0.2) is 8.42 Å². The molecule has 0 aliphatic carbocycles. The summed E-state index contributed by atoms with van der Waals surface area (Å²) in [5.41, 5.74) is 0.915. The molecule has 1 aromatic heterocycles. The van der Waals surface area contributed by atoms with Gasteiger partial charge in [0, 0.05) is 47.5 Å². The smallest absolute Gasteiger partial charge is 0.263 e. The highest BCUT2D eigenvalue weighted by molar-refractivity contribution is 8.14. The third-order valence-electron chi connectivity index (χ3n) is 3.81. The lowest BCUT2D eigenvalue weighted by Crippen LogP contribution is -2.20. The van der Waals surface area contributed by atoms with Crippen molar-refractivity contribution in [3.63, 3.8) is 0 Å². The molecule has 0 amide bonds. The molecule has 1 aromatic carbocycles. The highest BCUT2D eigenvalue weighted by Gasteiger charge is 2.21. The average molecular weight is 314 g/mol. The molecule has 1 aliphatic heterocycles. The third-order valence-corrected chi connectivity index (χ3v) is 5.16. The standard InChI is InChI=1S/C14H16ClNO3S/c15-20(17,18)14-10-16(9-11-5-7-19-8-6-11)13-4-2-1-3-12(13)14/h1-4,10-11H,5-9H2.